The van der Waals surface area contributed by atoms with Gasteiger partial charge in [-0.05, 0) is 18.9 Å². The number of hydrogen-bond donors (Lipinski definition) is 1. The summed E-state index contributed by atoms with van der Waals surface area (Å²) in [5, 5.41) is 13.4. The summed E-state index contributed by atoms with van der Waals surface area (Å²) in [5.41, 5.74) is -1.25. The van der Waals surface area contributed by atoms with Crippen LogP contribution in [-0.2, 0) is 0 Å². The minimum Gasteiger partial charge on any atom is -0.493 e. The zero-order chi connectivity index (χ0) is 17.0. The maximum atomic E-state index is 9.86. The molecule has 13 heavy (non-hydrogen) atoms. The van der Waals surface area contributed by atoms with Gasteiger partial charge in [-0.1, -0.05) is 18.1 Å². The largest absolute Gasteiger partial charge is 0.493 e. The second-order valence-corrected chi connectivity index (χ2v) is 2.18. The average Bonchev–Trinajstić information content (AvgIpc) is 2.72. The number of rotatable bonds is 1. The Bertz CT molecular complexity index is 736. The third kappa shape index (κ3) is 1.40. The second kappa shape index (κ2) is 2.94. The number of benzene rings is 1. The fourth-order valence-corrected chi connectivity index (χ4v) is 0.836. The molecule has 2 aromatic rings. The zero-order valence-corrected chi connectivity index (χ0v) is 6.34. The third-order valence-corrected chi connectivity index (χ3v) is 1.33. The van der Waals surface area contributed by atoms with Gasteiger partial charge in [-0.15, -0.1) is 0 Å². The number of aromatic nitrogens is 2. The van der Waals surface area contributed by atoms with Crippen molar-refractivity contribution in [1.82, 2.24) is 9.78 Å². The molecule has 0 atom stereocenters. The van der Waals surface area contributed by atoms with Crippen LogP contribution in [0.15, 0.2) is 36.3 Å². The molecule has 0 aliphatic rings. The topological polar surface area (TPSA) is 38.0 Å². The zero-order valence-electron chi connectivity index (χ0n) is 15.3. The first-order chi connectivity index (χ1) is 9.98. The van der Waals surface area contributed by atoms with E-state index in [0.29, 0.717) is 4.68 Å². The number of nitrogens with zero attached hydrogens (tertiary/aromatic N) is 2. The molecule has 1 aromatic carbocycles. The van der Waals surface area contributed by atoms with Crippen molar-refractivity contribution in [2.75, 3.05) is 0 Å². The molecule has 0 unspecified atom stereocenters. The Morgan fingerprint density at radius 1 is 1.46 bits per heavy atom. The lowest BCUT2D eigenvalue weighted by Crippen LogP contribution is -1.94. The summed E-state index contributed by atoms with van der Waals surface area (Å²) in [6.07, 6.45) is 0. The quantitative estimate of drug-likeness (QED) is 0.733. The minimum atomic E-state index is -2.78. The van der Waals surface area contributed by atoms with Gasteiger partial charge < -0.3 is 5.11 Å². The molecule has 1 heterocycles. The Hall–Kier alpha value is -1.77. The molecule has 0 saturated heterocycles. The predicted molar refractivity (Wildman–Crippen MR) is 50.0 cm³/mol. The highest BCUT2D eigenvalue weighted by atomic mass is 16.3. The summed E-state index contributed by atoms with van der Waals surface area (Å²) in [4.78, 5) is 0. The molecule has 1 N–H and O–H groups in total. The van der Waals surface area contributed by atoms with Gasteiger partial charge in [-0.25, -0.2) is 4.68 Å². The standard InChI is InChI=1S/C10H10N2O/c1-8-7-10(13)12(11-8)9-5-3-2-4-6-9/h2-7,13H,1H3/i1D3,2D,3D,4D,5D,6D,7D. The minimum absolute atomic E-state index is 0.476. The molecular weight excluding hydrogens is 164 g/mol. The summed E-state index contributed by atoms with van der Waals surface area (Å²) in [7, 11) is 0. The molecule has 1 aromatic heterocycles. The molecule has 0 aliphatic carbocycles. The molecule has 0 saturated carbocycles. The molecule has 0 aliphatic heterocycles. The van der Waals surface area contributed by atoms with E-state index in [1.165, 1.54) is 0 Å². The van der Waals surface area contributed by atoms with Gasteiger partial charge in [0.05, 0.1) is 19.6 Å². The number of hydrogen-bond acceptors (Lipinski definition) is 2. The van der Waals surface area contributed by atoms with E-state index in [-0.39, 0.29) is 0 Å². The second-order valence-electron chi connectivity index (χ2n) is 2.18. The van der Waals surface area contributed by atoms with Gasteiger partial charge in [0.1, 0.15) is 0 Å². The van der Waals surface area contributed by atoms with Gasteiger partial charge in [0.2, 0.25) is 5.88 Å². The van der Waals surface area contributed by atoms with Crippen molar-refractivity contribution in [2.24, 2.45) is 0 Å². The van der Waals surface area contributed by atoms with Crippen LogP contribution in [0.4, 0.5) is 0 Å². The van der Waals surface area contributed by atoms with Gasteiger partial charge in [-0.3, -0.25) is 0 Å². The van der Waals surface area contributed by atoms with Crippen LogP contribution in [0, 0.1) is 6.85 Å². The van der Waals surface area contributed by atoms with Crippen molar-refractivity contribution in [1.29, 1.82) is 0 Å². The van der Waals surface area contributed by atoms with E-state index in [2.05, 4.69) is 5.10 Å². The van der Waals surface area contributed by atoms with Gasteiger partial charge in [0, 0.05) is 10.2 Å². The SMILES string of the molecule is [2H]c1c([2H])c([2H])c(-n2nc(C([2H])([2H])[2H])c([2H])c2O)c([2H])c1[2H]. The first kappa shape index (κ1) is 2.61. The highest BCUT2D eigenvalue weighted by Gasteiger charge is 2.03. The van der Waals surface area contributed by atoms with Crippen LogP contribution < -0.4 is 0 Å². The Labute approximate surface area is 88.9 Å². The van der Waals surface area contributed by atoms with Crippen molar-refractivity contribution in [3.63, 3.8) is 0 Å². The average molecular weight is 183 g/mol. The number of para-hydroxylation sites is 1. The highest BCUT2D eigenvalue weighted by molar-refractivity contribution is 5.34. The summed E-state index contributed by atoms with van der Waals surface area (Å²) >= 11 is 0. The van der Waals surface area contributed by atoms with E-state index in [0.717, 1.165) is 0 Å². The molecule has 2 rings (SSSR count). The highest BCUT2D eigenvalue weighted by Crippen LogP contribution is 2.16. The molecule has 0 radical (unpaired) electrons. The van der Waals surface area contributed by atoms with Crippen molar-refractivity contribution in [3.8, 4) is 11.6 Å². The lowest BCUT2D eigenvalue weighted by atomic mass is 10.3. The van der Waals surface area contributed by atoms with Crippen LogP contribution in [0.1, 0.15) is 18.0 Å². The Balaban J connectivity index is 2.85. The van der Waals surface area contributed by atoms with E-state index in [1.807, 2.05) is 0 Å². The maximum Gasteiger partial charge on any atom is 0.214 e. The molecule has 3 heteroatoms. The maximum absolute atomic E-state index is 9.86. The first-order valence-electron chi connectivity index (χ1n) is 7.84. The Morgan fingerprint density at radius 2 is 2.23 bits per heavy atom. The van der Waals surface area contributed by atoms with Crippen LogP contribution in [0.3, 0.4) is 0 Å². The number of aromatic hydroxyl groups is 1. The van der Waals surface area contributed by atoms with Crippen LogP contribution in [0.5, 0.6) is 5.88 Å². The van der Waals surface area contributed by atoms with E-state index in [4.69, 9.17) is 12.3 Å². The van der Waals surface area contributed by atoms with Crippen LogP contribution in [0.2, 0.25) is 0 Å². The van der Waals surface area contributed by atoms with Crippen molar-refractivity contribution in [3.05, 3.63) is 41.9 Å². The fraction of sp³-hybridized carbons (Fsp3) is 0.100. The lowest BCUT2D eigenvalue weighted by molar-refractivity contribution is 0.433. The van der Waals surface area contributed by atoms with E-state index in [9.17, 15) is 5.11 Å². The first-order valence-corrected chi connectivity index (χ1v) is 3.34. The monoisotopic (exact) mass is 183 g/mol. The van der Waals surface area contributed by atoms with Crippen molar-refractivity contribution >= 4 is 0 Å². The van der Waals surface area contributed by atoms with Crippen LogP contribution >= 0.6 is 0 Å². The summed E-state index contributed by atoms with van der Waals surface area (Å²) < 4.78 is 67.9. The van der Waals surface area contributed by atoms with Crippen molar-refractivity contribution < 1.29 is 17.4 Å². The third-order valence-electron chi connectivity index (χ3n) is 1.33. The van der Waals surface area contributed by atoms with Crippen molar-refractivity contribution in [2.45, 2.75) is 6.85 Å². The normalized spacial score (nSPS) is 21.1. The van der Waals surface area contributed by atoms with E-state index < -0.39 is 60.4 Å². The smallest absolute Gasteiger partial charge is 0.214 e. The molecule has 0 bridgehead atoms. The van der Waals surface area contributed by atoms with Gasteiger partial charge in [0.25, 0.3) is 0 Å². The van der Waals surface area contributed by atoms with E-state index >= 15 is 0 Å². The fourth-order valence-electron chi connectivity index (χ4n) is 0.836. The molecule has 0 spiro atoms. The van der Waals surface area contributed by atoms with Crippen LogP contribution in [0.25, 0.3) is 5.69 Å². The molecule has 3 nitrogen and oxygen atoms in total. The van der Waals surface area contributed by atoms with Gasteiger partial charge >= 0.3 is 0 Å². The molecule has 66 valence electrons. The summed E-state index contributed by atoms with van der Waals surface area (Å²) in [6, 6.07) is -4.07. The van der Waals surface area contributed by atoms with Gasteiger partial charge in [-0.2, -0.15) is 5.10 Å². The Morgan fingerprint density at radius 3 is 2.85 bits per heavy atom. The van der Waals surface area contributed by atoms with Crippen LogP contribution in [-0.4, -0.2) is 14.9 Å². The summed E-state index contributed by atoms with van der Waals surface area (Å²) in [6.45, 7) is -2.78. The predicted octanol–water partition coefficient (Wildman–Crippen LogP) is 1.89. The molecule has 0 fully saturated rings. The number of aryl methyl sites for hydroxylation is 1. The summed E-state index contributed by atoms with van der Waals surface area (Å²) in [5.74, 6) is -0.912. The van der Waals surface area contributed by atoms with Gasteiger partial charge in [0.15, 0.2) is 0 Å². The van der Waals surface area contributed by atoms with E-state index in [1.54, 1.807) is 0 Å². The molecule has 0 amide bonds. The molecular formula is C10H10N2O. The Kier molecular flexibility index (Phi) is 0.589. The lowest BCUT2D eigenvalue weighted by Gasteiger charge is -2.00.